The summed E-state index contributed by atoms with van der Waals surface area (Å²) in [4.78, 5) is 0. The van der Waals surface area contributed by atoms with Gasteiger partial charge in [-0.05, 0) is 12.8 Å². The lowest BCUT2D eigenvalue weighted by molar-refractivity contribution is -0.0264. The van der Waals surface area contributed by atoms with E-state index in [2.05, 4.69) is 13.8 Å². The van der Waals surface area contributed by atoms with Crippen molar-refractivity contribution >= 4 is 0 Å². The van der Waals surface area contributed by atoms with E-state index in [4.69, 9.17) is 47.4 Å². The molecule has 0 heterocycles. The molecule has 0 aromatic carbocycles. The highest BCUT2D eigenvalue weighted by Crippen LogP contribution is 2.13. The lowest BCUT2D eigenvalue weighted by atomic mass is 10.0. The van der Waals surface area contributed by atoms with E-state index >= 15 is 0 Å². The summed E-state index contributed by atoms with van der Waals surface area (Å²) in [5, 5.41) is 0. The molecule has 0 unspecified atom stereocenters. The maximum atomic E-state index is 5.69. The summed E-state index contributed by atoms with van der Waals surface area (Å²) >= 11 is 0. The van der Waals surface area contributed by atoms with Crippen LogP contribution in [0.1, 0.15) is 129 Å². The molecular weight excluding hydrogens is 640 g/mol. The Morgan fingerprint density at radius 1 is 0.160 bits per heavy atom. The fourth-order valence-electron chi connectivity index (χ4n) is 5.08. The highest BCUT2D eigenvalue weighted by atomic mass is 16.6. The van der Waals surface area contributed by atoms with Gasteiger partial charge >= 0.3 is 0 Å². The minimum absolute atomic E-state index is 0.535. The van der Waals surface area contributed by atoms with Gasteiger partial charge in [-0.3, -0.25) is 0 Å². The van der Waals surface area contributed by atoms with Crippen LogP contribution in [0, 0.1) is 0 Å². The van der Waals surface area contributed by atoms with E-state index in [-0.39, 0.29) is 0 Å². The van der Waals surface area contributed by atoms with Crippen molar-refractivity contribution in [2.24, 2.45) is 0 Å². The van der Waals surface area contributed by atoms with Gasteiger partial charge in [0.1, 0.15) is 0 Å². The molecule has 0 fully saturated rings. The third-order valence-electron chi connectivity index (χ3n) is 8.13. The van der Waals surface area contributed by atoms with Gasteiger partial charge in [0, 0.05) is 13.2 Å². The SMILES string of the molecule is CCCCCCCCCCCCCCCCCCOCCOCCOCCOCCOCCOCCOCCOCCOCCOCCCC. The molecule has 0 aromatic rings. The van der Waals surface area contributed by atoms with Crippen molar-refractivity contribution in [3.8, 4) is 0 Å². The molecule has 0 aromatic heterocycles. The molecule has 0 aliphatic heterocycles. The first kappa shape index (κ1) is 49.6. The first-order valence-electron chi connectivity index (χ1n) is 20.7. The zero-order chi connectivity index (χ0) is 35.9. The van der Waals surface area contributed by atoms with Gasteiger partial charge in [0.05, 0.1) is 119 Å². The van der Waals surface area contributed by atoms with Gasteiger partial charge in [-0.1, -0.05) is 117 Å². The first-order chi connectivity index (χ1) is 24.9. The molecule has 0 spiro atoms. The lowest BCUT2D eigenvalue weighted by Crippen LogP contribution is -2.15. The maximum Gasteiger partial charge on any atom is 0.0701 e. The van der Waals surface area contributed by atoms with E-state index in [1.807, 2.05) is 0 Å². The van der Waals surface area contributed by atoms with Crippen molar-refractivity contribution in [1.29, 1.82) is 0 Å². The zero-order valence-corrected chi connectivity index (χ0v) is 33.0. The minimum atomic E-state index is 0.535. The fraction of sp³-hybridized carbons (Fsp3) is 1.00. The van der Waals surface area contributed by atoms with Crippen LogP contribution in [0.25, 0.3) is 0 Å². The van der Waals surface area contributed by atoms with Gasteiger partial charge in [0.15, 0.2) is 0 Å². The van der Waals surface area contributed by atoms with E-state index in [9.17, 15) is 0 Å². The summed E-state index contributed by atoms with van der Waals surface area (Å²) in [5.74, 6) is 0. The molecule has 0 aliphatic carbocycles. The van der Waals surface area contributed by atoms with Crippen LogP contribution in [0.2, 0.25) is 0 Å². The Hall–Kier alpha value is -0.400. The fourth-order valence-corrected chi connectivity index (χ4v) is 5.08. The normalized spacial score (nSPS) is 11.6. The molecule has 0 aliphatic rings. The highest BCUT2D eigenvalue weighted by Gasteiger charge is 1.98. The average molecular weight is 723 g/mol. The van der Waals surface area contributed by atoms with Crippen molar-refractivity contribution < 1.29 is 47.4 Å². The summed E-state index contributed by atoms with van der Waals surface area (Å²) in [6, 6.07) is 0. The minimum Gasteiger partial charge on any atom is -0.379 e. The van der Waals surface area contributed by atoms with Crippen molar-refractivity contribution in [3.05, 3.63) is 0 Å². The second-order valence-electron chi connectivity index (χ2n) is 12.8. The van der Waals surface area contributed by atoms with E-state index in [0.717, 1.165) is 32.5 Å². The molecule has 0 saturated carbocycles. The Balaban J connectivity index is 3.04. The molecule has 0 atom stereocenters. The van der Waals surface area contributed by atoms with E-state index in [1.54, 1.807) is 0 Å². The van der Waals surface area contributed by atoms with Crippen LogP contribution in [0.15, 0.2) is 0 Å². The molecule has 0 saturated heterocycles. The Morgan fingerprint density at radius 2 is 0.320 bits per heavy atom. The van der Waals surface area contributed by atoms with E-state index in [1.165, 1.54) is 96.3 Å². The molecule has 0 rings (SSSR count). The average Bonchev–Trinajstić information content (AvgIpc) is 3.13. The van der Waals surface area contributed by atoms with E-state index in [0.29, 0.717) is 119 Å². The van der Waals surface area contributed by atoms with Crippen LogP contribution in [-0.4, -0.2) is 132 Å². The summed E-state index contributed by atoms with van der Waals surface area (Å²) in [6.45, 7) is 16.3. The Labute approximate surface area is 308 Å². The number of hydrogen-bond acceptors (Lipinski definition) is 10. The van der Waals surface area contributed by atoms with Gasteiger partial charge in [0.25, 0.3) is 0 Å². The highest BCUT2D eigenvalue weighted by molar-refractivity contribution is 4.50. The lowest BCUT2D eigenvalue weighted by Gasteiger charge is -2.09. The zero-order valence-electron chi connectivity index (χ0n) is 33.0. The second kappa shape index (κ2) is 48.6. The predicted octanol–water partition coefficient (Wildman–Crippen LogP) is 8.21. The van der Waals surface area contributed by atoms with Crippen molar-refractivity contribution in [2.45, 2.75) is 129 Å². The maximum absolute atomic E-state index is 5.69. The van der Waals surface area contributed by atoms with Gasteiger partial charge in [-0.25, -0.2) is 0 Å². The number of hydrogen-bond donors (Lipinski definition) is 0. The number of unbranched alkanes of at least 4 members (excludes halogenated alkanes) is 16. The van der Waals surface area contributed by atoms with Crippen molar-refractivity contribution in [2.75, 3.05) is 132 Å². The van der Waals surface area contributed by atoms with Crippen LogP contribution in [-0.2, 0) is 47.4 Å². The summed E-state index contributed by atoms with van der Waals surface area (Å²) in [6.07, 6.45) is 24.5. The molecule has 10 nitrogen and oxygen atoms in total. The molecule has 10 heteroatoms. The topological polar surface area (TPSA) is 92.3 Å². The Morgan fingerprint density at radius 3 is 0.540 bits per heavy atom. The molecular formula is C40H82O10. The third-order valence-corrected chi connectivity index (χ3v) is 8.13. The smallest absolute Gasteiger partial charge is 0.0701 e. The summed E-state index contributed by atoms with van der Waals surface area (Å²) in [7, 11) is 0. The monoisotopic (exact) mass is 723 g/mol. The summed E-state index contributed by atoms with van der Waals surface area (Å²) in [5.41, 5.74) is 0. The van der Waals surface area contributed by atoms with Crippen molar-refractivity contribution in [3.63, 3.8) is 0 Å². The molecule has 50 heavy (non-hydrogen) atoms. The summed E-state index contributed by atoms with van der Waals surface area (Å²) < 4.78 is 55.2. The second-order valence-corrected chi connectivity index (χ2v) is 12.8. The molecule has 0 bridgehead atoms. The van der Waals surface area contributed by atoms with Crippen LogP contribution in [0.3, 0.4) is 0 Å². The number of ether oxygens (including phenoxy) is 10. The third kappa shape index (κ3) is 47.6. The first-order valence-corrected chi connectivity index (χ1v) is 20.7. The van der Waals surface area contributed by atoms with E-state index < -0.39 is 0 Å². The van der Waals surface area contributed by atoms with Crippen LogP contribution in [0.5, 0.6) is 0 Å². The Kier molecular flexibility index (Phi) is 48.2. The number of rotatable bonds is 47. The predicted molar refractivity (Wildman–Crippen MR) is 203 cm³/mol. The van der Waals surface area contributed by atoms with Gasteiger partial charge < -0.3 is 47.4 Å². The van der Waals surface area contributed by atoms with Crippen LogP contribution < -0.4 is 0 Å². The molecule has 302 valence electrons. The van der Waals surface area contributed by atoms with Crippen LogP contribution >= 0.6 is 0 Å². The van der Waals surface area contributed by atoms with Gasteiger partial charge in [-0.2, -0.15) is 0 Å². The largest absolute Gasteiger partial charge is 0.379 e. The van der Waals surface area contributed by atoms with Gasteiger partial charge in [0.2, 0.25) is 0 Å². The van der Waals surface area contributed by atoms with Crippen LogP contribution in [0.4, 0.5) is 0 Å². The quantitative estimate of drug-likeness (QED) is 0.0573. The van der Waals surface area contributed by atoms with Crippen molar-refractivity contribution in [1.82, 2.24) is 0 Å². The standard InChI is InChI=1S/C40H82O10/c1-3-5-7-8-9-10-11-12-13-14-15-16-17-18-19-20-22-42-24-26-44-28-30-46-32-34-48-36-38-50-40-39-49-37-35-47-33-31-45-29-27-43-25-23-41-21-6-4-2/h3-40H2,1-2H3. The molecule has 0 N–H and O–H groups in total. The van der Waals surface area contributed by atoms with Gasteiger partial charge in [-0.15, -0.1) is 0 Å². The molecule has 0 amide bonds. The Bertz CT molecular complexity index is 524. The molecule has 0 radical (unpaired) electrons.